The Morgan fingerprint density at radius 2 is 1.97 bits per heavy atom. The van der Waals surface area contributed by atoms with Gasteiger partial charge in [0.15, 0.2) is 9.84 Å². The van der Waals surface area contributed by atoms with Gasteiger partial charge in [0.25, 0.3) is 0 Å². The zero-order chi connectivity index (χ0) is 22.9. The SMILES string of the molecule is O=C(NCC1OC2CC(CC(=O)N3CCS(=O)(=O)CC3)OC2C1O)Nc1cccc(Cl)c1. The van der Waals surface area contributed by atoms with Crippen molar-refractivity contribution in [2.24, 2.45) is 0 Å². The molecular weight excluding hydrogens is 462 g/mol. The molecule has 12 heteroatoms. The number of halogens is 1. The number of hydrogen-bond acceptors (Lipinski definition) is 7. The van der Waals surface area contributed by atoms with Crippen LogP contribution < -0.4 is 10.6 Å². The molecule has 1 aromatic rings. The minimum absolute atomic E-state index is 0.0170. The molecule has 3 N–H and O–H groups in total. The standard InChI is InChI=1S/C20H26ClN3O7S/c21-12-2-1-3-13(8-12)23-20(27)22-11-16-18(26)19-15(31-16)9-14(30-19)10-17(25)24-4-6-32(28,29)7-5-24/h1-3,8,14-16,18-19,26H,4-7,9-11H2,(H2,22,23,27). The molecule has 0 radical (unpaired) electrons. The molecule has 176 valence electrons. The summed E-state index contributed by atoms with van der Waals surface area (Å²) in [6.45, 7) is 0.492. The van der Waals surface area contributed by atoms with E-state index in [1.165, 1.54) is 0 Å². The Hall–Kier alpha value is -1.92. The first kappa shape index (κ1) is 23.2. The van der Waals surface area contributed by atoms with E-state index < -0.39 is 40.3 Å². The number of benzene rings is 1. The monoisotopic (exact) mass is 487 g/mol. The zero-order valence-corrected chi connectivity index (χ0v) is 18.8. The minimum Gasteiger partial charge on any atom is -0.388 e. The lowest BCUT2D eigenvalue weighted by Gasteiger charge is -2.28. The molecule has 10 nitrogen and oxygen atoms in total. The van der Waals surface area contributed by atoms with Gasteiger partial charge in [-0.1, -0.05) is 17.7 Å². The van der Waals surface area contributed by atoms with Crippen molar-refractivity contribution in [3.8, 4) is 0 Å². The van der Waals surface area contributed by atoms with E-state index in [1.54, 1.807) is 29.2 Å². The van der Waals surface area contributed by atoms with Gasteiger partial charge in [-0.15, -0.1) is 0 Å². The van der Waals surface area contributed by atoms with Crippen LogP contribution in [0, 0.1) is 0 Å². The molecule has 5 unspecified atom stereocenters. The largest absolute Gasteiger partial charge is 0.388 e. The normalized spacial score (nSPS) is 31.2. The van der Waals surface area contributed by atoms with Crippen molar-refractivity contribution >= 4 is 39.1 Å². The molecule has 3 aliphatic rings. The molecule has 3 heterocycles. The van der Waals surface area contributed by atoms with E-state index in [0.717, 1.165) is 0 Å². The molecule has 5 atom stereocenters. The van der Waals surface area contributed by atoms with Crippen LogP contribution in [0.15, 0.2) is 24.3 Å². The highest BCUT2D eigenvalue weighted by molar-refractivity contribution is 7.91. The molecule has 0 aromatic heterocycles. The number of rotatable bonds is 5. The van der Waals surface area contributed by atoms with E-state index >= 15 is 0 Å². The highest BCUT2D eigenvalue weighted by Crippen LogP contribution is 2.35. The number of nitrogens with zero attached hydrogens (tertiary/aromatic N) is 1. The van der Waals surface area contributed by atoms with Gasteiger partial charge in [0.1, 0.15) is 18.3 Å². The van der Waals surface area contributed by atoms with Crippen LogP contribution in [-0.4, -0.2) is 92.0 Å². The van der Waals surface area contributed by atoms with E-state index in [1.807, 2.05) is 0 Å². The number of aliphatic hydroxyl groups excluding tert-OH is 1. The quantitative estimate of drug-likeness (QED) is 0.547. The van der Waals surface area contributed by atoms with Gasteiger partial charge in [-0.3, -0.25) is 4.79 Å². The number of hydrogen-bond donors (Lipinski definition) is 3. The fourth-order valence-electron chi connectivity index (χ4n) is 4.23. The third-order valence-electron chi connectivity index (χ3n) is 5.92. The summed E-state index contributed by atoms with van der Waals surface area (Å²) in [5.74, 6) is -0.191. The van der Waals surface area contributed by atoms with Crippen LogP contribution >= 0.6 is 11.6 Å². The highest BCUT2D eigenvalue weighted by atomic mass is 35.5. The maximum Gasteiger partial charge on any atom is 0.319 e. The maximum atomic E-state index is 12.5. The summed E-state index contributed by atoms with van der Waals surface area (Å²) in [4.78, 5) is 26.1. The smallest absolute Gasteiger partial charge is 0.319 e. The maximum absolute atomic E-state index is 12.5. The molecule has 0 bridgehead atoms. The number of anilines is 1. The van der Waals surface area contributed by atoms with Gasteiger partial charge in [-0.25, -0.2) is 13.2 Å². The topological polar surface area (TPSA) is 134 Å². The number of sulfone groups is 1. The Bertz CT molecular complexity index is 962. The van der Waals surface area contributed by atoms with Crippen LogP contribution in [0.3, 0.4) is 0 Å². The molecule has 0 saturated carbocycles. The lowest BCUT2D eigenvalue weighted by atomic mass is 10.1. The number of urea groups is 1. The number of aliphatic hydroxyl groups is 1. The number of fused-ring (bicyclic) bond motifs is 1. The number of carbonyl (C=O) groups excluding carboxylic acids is 2. The average Bonchev–Trinajstić information content (AvgIpc) is 3.24. The molecule has 0 aliphatic carbocycles. The summed E-state index contributed by atoms with van der Waals surface area (Å²) in [6, 6.07) is 6.28. The first-order valence-electron chi connectivity index (χ1n) is 10.5. The number of carbonyl (C=O) groups is 2. The first-order chi connectivity index (χ1) is 15.2. The second-order valence-corrected chi connectivity index (χ2v) is 11.0. The van der Waals surface area contributed by atoms with Gasteiger partial charge in [0.05, 0.1) is 30.1 Å². The van der Waals surface area contributed by atoms with Crippen molar-refractivity contribution in [2.45, 2.75) is 43.4 Å². The third kappa shape index (κ3) is 5.52. The molecule has 3 aliphatic heterocycles. The van der Waals surface area contributed by atoms with Gasteiger partial charge < -0.3 is 30.1 Å². The minimum atomic E-state index is -3.05. The third-order valence-corrected chi connectivity index (χ3v) is 7.77. The van der Waals surface area contributed by atoms with Crippen molar-refractivity contribution in [3.05, 3.63) is 29.3 Å². The summed E-state index contributed by atoms with van der Waals surface area (Å²) < 4.78 is 34.8. The van der Waals surface area contributed by atoms with Gasteiger partial charge in [0.2, 0.25) is 5.91 Å². The van der Waals surface area contributed by atoms with Crippen LogP contribution in [0.1, 0.15) is 12.8 Å². The lowest BCUT2D eigenvalue weighted by Crippen LogP contribution is -2.45. The molecular formula is C20H26ClN3O7S. The van der Waals surface area contributed by atoms with Crippen molar-refractivity contribution < 1.29 is 32.6 Å². The van der Waals surface area contributed by atoms with E-state index in [2.05, 4.69) is 10.6 Å². The summed E-state index contributed by atoms with van der Waals surface area (Å²) >= 11 is 5.89. The van der Waals surface area contributed by atoms with Gasteiger partial charge in [0, 0.05) is 36.8 Å². The van der Waals surface area contributed by atoms with Crippen LogP contribution in [0.4, 0.5) is 10.5 Å². The second kappa shape index (κ2) is 9.52. The predicted molar refractivity (Wildman–Crippen MR) is 116 cm³/mol. The van der Waals surface area contributed by atoms with E-state index in [4.69, 9.17) is 21.1 Å². The summed E-state index contributed by atoms with van der Waals surface area (Å²) in [7, 11) is -3.05. The van der Waals surface area contributed by atoms with Crippen molar-refractivity contribution in [2.75, 3.05) is 36.5 Å². The molecule has 0 spiro atoms. The van der Waals surface area contributed by atoms with E-state index in [-0.39, 0.29) is 49.6 Å². The zero-order valence-electron chi connectivity index (χ0n) is 17.3. The van der Waals surface area contributed by atoms with Crippen LogP contribution in [0.25, 0.3) is 0 Å². The Morgan fingerprint density at radius 1 is 1.22 bits per heavy atom. The average molecular weight is 488 g/mol. The summed E-state index contributed by atoms with van der Waals surface area (Å²) in [5, 5.41) is 16.4. The predicted octanol–water partition coefficient (Wildman–Crippen LogP) is 0.394. The van der Waals surface area contributed by atoms with E-state index in [0.29, 0.717) is 17.1 Å². The van der Waals surface area contributed by atoms with Gasteiger partial charge >= 0.3 is 6.03 Å². The lowest BCUT2D eigenvalue weighted by molar-refractivity contribution is -0.134. The van der Waals surface area contributed by atoms with Crippen molar-refractivity contribution in [1.29, 1.82) is 0 Å². The summed E-state index contributed by atoms with van der Waals surface area (Å²) in [5.41, 5.74) is 0.543. The number of amides is 3. The second-order valence-electron chi connectivity index (χ2n) is 8.24. The molecule has 3 saturated heterocycles. The molecule has 32 heavy (non-hydrogen) atoms. The van der Waals surface area contributed by atoms with Crippen molar-refractivity contribution in [3.63, 3.8) is 0 Å². The van der Waals surface area contributed by atoms with Crippen LogP contribution in [0.5, 0.6) is 0 Å². The Morgan fingerprint density at radius 3 is 2.66 bits per heavy atom. The Balaban J connectivity index is 1.21. The number of ether oxygens (including phenoxy) is 2. The van der Waals surface area contributed by atoms with Crippen molar-refractivity contribution in [1.82, 2.24) is 10.2 Å². The Kier molecular flexibility index (Phi) is 6.91. The first-order valence-corrected chi connectivity index (χ1v) is 12.7. The molecule has 3 fully saturated rings. The highest BCUT2D eigenvalue weighted by Gasteiger charge is 2.50. The van der Waals surface area contributed by atoms with Crippen LogP contribution in [-0.2, 0) is 24.1 Å². The summed E-state index contributed by atoms with van der Waals surface area (Å²) in [6.07, 6.45) is -2.33. The molecule has 3 amide bonds. The fourth-order valence-corrected chi connectivity index (χ4v) is 5.62. The molecule has 4 rings (SSSR count). The fraction of sp³-hybridized carbons (Fsp3) is 0.600. The van der Waals surface area contributed by atoms with Gasteiger partial charge in [-0.05, 0) is 18.2 Å². The Labute approximate surface area is 191 Å². The van der Waals surface area contributed by atoms with Crippen LogP contribution in [0.2, 0.25) is 5.02 Å². The van der Waals surface area contributed by atoms with E-state index in [9.17, 15) is 23.1 Å². The number of nitrogens with one attached hydrogen (secondary N) is 2. The molecule has 1 aromatic carbocycles. The van der Waals surface area contributed by atoms with Gasteiger partial charge in [-0.2, -0.15) is 0 Å².